The number of nitrogens with one attached hydrogen (secondary N) is 1. The van der Waals surface area contributed by atoms with Crippen molar-refractivity contribution in [2.45, 2.75) is 19.0 Å². The van der Waals surface area contributed by atoms with Gasteiger partial charge in [-0.2, -0.15) is 5.10 Å². The van der Waals surface area contributed by atoms with Gasteiger partial charge < -0.3 is 10.1 Å². The molecule has 0 aliphatic carbocycles. The molecule has 0 unspecified atom stereocenters. The van der Waals surface area contributed by atoms with Crippen molar-refractivity contribution in [1.29, 1.82) is 0 Å². The van der Waals surface area contributed by atoms with Crippen molar-refractivity contribution in [2.75, 3.05) is 18.2 Å². The lowest BCUT2D eigenvalue weighted by atomic mass is 10.2. The summed E-state index contributed by atoms with van der Waals surface area (Å²) in [6.07, 6.45) is 0. The van der Waals surface area contributed by atoms with Crippen LogP contribution < -0.4 is 10.1 Å². The quantitative estimate of drug-likeness (QED) is 0.307. The normalized spacial score (nSPS) is 11.1. The third kappa shape index (κ3) is 4.52. The number of anilines is 1. The molecule has 0 atom stereocenters. The summed E-state index contributed by atoms with van der Waals surface area (Å²) in [5.74, 6) is 0.894. The molecule has 8 heteroatoms. The van der Waals surface area contributed by atoms with Crippen LogP contribution >= 0.6 is 11.8 Å². The van der Waals surface area contributed by atoms with Crippen LogP contribution in [0.2, 0.25) is 0 Å². The van der Waals surface area contributed by atoms with Crippen LogP contribution in [0.3, 0.4) is 0 Å². The predicted molar refractivity (Wildman–Crippen MR) is 140 cm³/mol. The molecule has 3 aromatic carbocycles. The van der Waals surface area contributed by atoms with Crippen LogP contribution in [0, 0.1) is 13.8 Å². The standard InChI is InChI=1S/C27H25N5O2S/c1-18-26(19(2)32(30-18)21-9-5-4-6-10-21)29-25(33)17-35-27-28-23-11-7-8-12-24(23)31(27)20-13-15-22(34-3)16-14-20/h4-16H,17H2,1-3H3,(H,29,33). The zero-order valence-corrected chi connectivity index (χ0v) is 20.5. The second kappa shape index (κ2) is 9.68. The summed E-state index contributed by atoms with van der Waals surface area (Å²) in [5.41, 5.74) is 6.17. The highest BCUT2D eigenvalue weighted by Crippen LogP contribution is 2.29. The minimum Gasteiger partial charge on any atom is -0.497 e. The van der Waals surface area contributed by atoms with Gasteiger partial charge in [0.1, 0.15) is 5.75 Å². The molecular formula is C27H25N5O2S. The number of rotatable bonds is 7. The Kier molecular flexibility index (Phi) is 6.29. The van der Waals surface area contributed by atoms with Gasteiger partial charge >= 0.3 is 0 Å². The summed E-state index contributed by atoms with van der Waals surface area (Å²) >= 11 is 1.40. The van der Waals surface area contributed by atoms with E-state index in [-0.39, 0.29) is 11.7 Å². The smallest absolute Gasteiger partial charge is 0.234 e. The Bertz CT molecular complexity index is 1490. The molecule has 0 radical (unpaired) electrons. The van der Waals surface area contributed by atoms with Crippen molar-refractivity contribution < 1.29 is 9.53 Å². The highest BCUT2D eigenvalue weighted by Gasteiger charge is 2.18. The zero-order valence-electron chi connectivity index (χ0n) is 19.7. The maximum atomic E-state index is 13.0. The summed E-state index contributed by atoms with van der Waals surface area (Å²) in [6.45, 7) is 3.86. The lowest BCUT2D eigenvalue weighted by Gasteiger charge is -2.10. The summed E-state index contributed by atoms with van der Waals surface area (Å²) in [4.78, 5) is 17.7. The van der Waals surface area contributed by atoms with Crippen molar-refractivity contribution in [3.05, 3.63) is 90.3 Å². The number of aromatic nitrogens is 4. The maximum Gasteiger partial charge on any atom is 0.234 e. The number of thioether (sulfide) groups is 1. The summed E-state index contributed by atoms with van der Waals surface area (Å²) in [7, 11) is 1.65. The second-order valence-electron chi connectivity index (χ2n) is 8.05. The number of ether oxygens (including phenoxy) is 1. The largest absolute Gasteiger partial charge is 0.497 e. The SMILES string of the molecule is COc1ccc(-n2c(SCC(=O)Nc3c(C)nn(-c4ccccc4)c3C)nc3ccccc32)cc1. The van der Waals surface area contributed by atoms with E-state index in [2.05, 4.69) is 15.0 Å². The number of aryl methyl sites for hydroxylation is 1. The van der Waals surface area contributed by atoms with E-state index in [1.165, 1.54) is 11.8 Å². The molecule has 35 heavy (non-hydrogen) atoms. The number of methoxy groups -OCH3 is 1. The van der Waals surface area contributed by atoms with E-state index < -0.39 is 0 Å². The van der Waals surface area contributed by atoms with Crippen LogP contribution in [0.15, 0.2) is 84.0 Å². The molecule has 7 nitrogen and oxygen atoms in total. The first kappa shape index (κ1) is 22.7. The number of para-hydroxylation sites is 3. The average molecular weight is 484 g/mol. The molecule has 5 aromatic rings. The Morgan fingerprint density at radius 3 is 2.40 bits per heavy atom. The van der Waals surface area contributed by atoms with Gasteiger partial charge in [0.15, 0.2) is 5.16 Å². The molecule has 0 spiro atoms. The number of hydrogen-bond donors (Lipinski definition) is 1. The van der Waals surface area contributed by atoms with Gasteiger partial charge in [0.2, 0.25) is 5.91 Å². The van der Waals surface area contributed by atoms with E-state index in [9.17, 15) is 4.79 Å². The number of imidazole rings is 1. The van der Waals surface area contributed by atoms with E-state index >= 15 is 0 Å². The van der Waals surface area contributed by atoms with Crippen LogP contribution in [0.25, 0.3) is 22.4 Å². The fraction of sp³-hybridized carbons (Fsp3) is 0.148. The van der Waals surface area contributed by atoms with Crippen molar-refractivity contribution >= 4 is 34.4 Å². The number of carbonyl (C=O) groups is 1. The first-order valence-corrected chi connectivity index (χ1v) is 12.2. The molecule has 5 rings (SSSR count). The number of benzene rings is 3. The van der Waals surface area contributed by atoms with Crippen molar-refractivity contribution in [1.82, 2.24) is 19.3 Å². The molecule has 2 heterocycles. The van der Waals surface area contributed by atoms with Gasteiger partial charge in [0.05, 0.1) is 46.7 Å². The fourth-order valence-corrected chi connectivity index (χ4v) is 4.86. The lowest BCUT2D eigenvalue weighted by Crippen LogP contribution is -2.15. The van der Waals surface area contributed by atoms with Crippen molar-refractivity contribution in [2.24, 2.45) is 0 Å². The Hall–Kier alpha value is -4.04. The molecule has 176 valence electrons. The van der Waals surface area contributed by atoms with Gasteiger partial charge in [0, 0.05) is 5.69 Å². The van der Waals surface area contributed by atoms with Crippen LogP contribution in [0.5, 0.6) is 5.75 Å². The van der Waals surface area contributed by atoms with Crippen LogP contribution in [0.1, 0.15) is 11.4 Å². The van der Waals surface area contributed by atoms with Gasteiger partial charge in [0.25, 0.3) is 0 Å². The number of nitrogens with zero attached hydrogens (tertiary/aromatic N) is 4. The molecule has 0 aliphatic rings. The summed E-state index contributed by atoms with van der Waals surface area (Å²) in [5, 5.41) is 8.42. The minimum absolute atomic E-state index is 0.109. The fourth-order valence-electron chi connectivity index (χ4n) is 4.03. The van der Waals surface area contributed by atoms with E-state index in [4.69, 9.17) is 9.72 Å². The van der Waals surface area contributed by atoms with Gasteiger partial charge in [-0.15, -0.1) is 0 Å². The maximum absolute atomic E-state index is 13.0. The first-order chi connectivity index (χ1) is 17.0. The van der Waals surface area contributed by atoms with Crippen molar-refractivity contribution in [3.8, 4) is 17.1 Å². The average Bonchev–Trinajstić information content (AvgIpc) is 3.40. The third-order valence-corrected chi connectivity index (χ3v) is 6.69. The predicted octanol–water partition coefficient (Wildman–Crippen LogP) is 5.57. The van der Waals surface area contributed by atoms with E-state index in [1.54, 1.807) is 7.11 Å². The summed E-state index contributed by atoms with van der Waals surface area (Å²) in [6, 6.07) is 25.7. The molecule has 0 bridgehead atoms. The minimum atomic E-state index is -0.109. The molecule has 1 N–H and O–H groups in total. The highest BCUT2D eigenvalue weighted by molar-refractivity contribution is 7.99. The van der Waals surface area contributed by atoms with E-state index in [1.807, 2.05) is 97.4 Å². The van der Waals surface area contributed by atoms with Crippen molar-refractivity contribution in [3.63, 3.8) is 0 Å². The monoisotopic (exact) mass is 483 g/mol. The Labute approximate surface area is 207 Å². The molecule has 2 aromatic heterocycles. The van der Waals surface area contributed by atoms with Crippen LogP contribution in [-0.2, 0) is 4.79 Å². The number of amides is 1. The Morgan fingerprint density at radius 1 is 0.943 bits per heavy atom. The molecule has 0 fully saturated rings. The third-order valence-electron chi connectivity index (χ3n) is 5.75. The molecule has 0 saturated heterocycles. The van der Waals surface area contributed by atoms with E-state index in [0.717, 1.165) is 50.4 Å². The van der Waals surface area contributed by atoms with Crippen LogP contribution in [0.4, 0.5) is 5.69 Å². The molecular weight excluding hydrogens is 458 g/mol. The van der Waals surface area contributed by atoms with Gasteiger partial charge in [-0.05, 0) is 62.4 Å². The molecule has 1 amide bonds. The Morgan fingerprint density at radius 2 is 1.66 bits per heavy atom. The topological polar surface area (TPSA) is 74.0 Å². The highest BCUT2D eigenvalue weighted by atomic mass is 32.2. The number of fused-ring (bicyclic) bond motifs is 1. The zero-order chi connectivity index (χ0) is 24.4. The van der Waals surface area contributed by atoms with E-state index in [0.29, 0.717) is 0 Å². The number of carbonyl (C=O) groups excluding carboxylic acids is 1. The van der Waals surface area contributed by atoms with Gasteiger partial charge in [-0.3, -0.25) is 9.36 Å². The Balaban J connectivity index is 1.38. The van der Waals surface area contributed by atoms with Crippen LogP contribution in [-0.4, -0.2) is 38.1 Å². The van der Waals surface area contributed by atoms with Gasteiger partial charge in [-0.25, -0.2) is 9.67 Å². The number of hydrogen-bond acceptors (Lipinski definition) is 5. The molecule has 0 aliphatic heterocycles. The summed E-state index contributed by atoms with van der Waals surface area (Å²) < 4.78 is 9.21. The lowest BCUT2D eigenvalue weighted by molar-refractivity contribution is -0.113. The second-order valence-corrected chi connectivity index (χ2v) is 8.99. The van der Waals surface area contributed by atoms with Gasteiger partial charge in [-0.1, -0.05) is 42.1 Å². The first-order valence-electron chi connectivity index (χ1n) is 11.2. The molecule has 0 saturated carbocycles.